The number of amides is 1. The molecule has 0 bridgehead atoms. The van der Waals surface area contributed by atoms with Crippen molar-refractivity contribution < 1.29 is 18.0 Å². The van der Waals surface area contributed by atoms with Crippen molar-refractivity contribution >= 4 is 56.5 Å². The minimum absolute atomic E-state index is 0.0785. The van der Waals surface area contributed by atoms with Crippen molar-refractivity contribution in [1.29, 1.82) is 0 Å². The van der Waals surface area contributed by atoms with Crippen molar-refractivity contribution in [3.05, 3.63) is 74.3 Å². The topological polar surface area (TPSA) is 59.0 Å². The van der Waals surface area contributed by atoms with E-state index in [0.717, 1.165) is 4.68 Å². The average Bonchev–Trinajstić information content (AvgIpc) is 3.06. The van der Waals surface area contributed by atoms with E-state index >= 15 is 0 Å². The lowest BCUT2D eigenvalue weighted by molar-refractivity contribution is -0.173. The first-order valence-electron chi connectivity index (χ1n) is 9.07. The summed E-state index contributed by atoms with van der Waals surface area (Å²) in [5.74, 6) is -0.633. The van der Waals surface area contributed by atoms with Crippen LogP contribution in [0.1, 0.15) is 34.6 Å². The molecule has 1 aliphatic heterocycles. The first-order valence-corrected chi connectivity index (χ1v) is 10.6. The third kappa shape index (κ3) is 4.40. The maximum atomic E-state index is 13.9. The van der Waals surface area contributed by atoms with Gasteiger partial charge in [-0.2, -0.15) is 18.3 Å². The smallest absolute Gasteiger partial charge is 0.362 e. The lowest BCUT2D eigenvalue weighted by atomic mass is 9.97. The number of rotatable bonds is 3. The summed E-state index contributed by atoms with van der Waals surface area (Å²) in [5, 5.41) is 10.2. The number of fused-ring (bicyclic) bond motifs is 1. The van der Waals surface area contributed by atoms with Gasteiger partial charge in [0.05, 0.1) is 21.2 Å². The van der Waals surface area contributed by atoms with Crippen LogP contribution in [0.5, 0.6) is 0 Å². The summed E-state index contributed by atoms with van der Waals surface area (Å²) in [6.07, 6.45) is -4.82. The van der Waals surface area contributed by atoms with E-state index in [1.165, 1.54) is 18.2 Å². The summed E-state index contributed by atoms with van der Waals surface area (Å²) in [6, 6.07) is 10.8. The van der Waals surface area contributed by atoms with Gasteiger partial charge in [0.25, 0.3) is 5.91 Å². The van der Waals surface area contributed by atoms with Crippen LogP contribution in [0, 0.1) is 0 Å². The molecule has 2 aromatic carbocycles. The van der Waals surface area contributed by atoms with E-state index in [1.54, 1.807) is 30.3 Å². The molecule has 11 heteroatoms. The van der Waals surface area contributed by atoms with Gasteiger partial charge in [-0.3, -0.25) is 4.79 Å². The highest BCUT2D eigenvalue weighted by atomic mass is 79.9. The second kappa shape index (κ2) is 8.37. The van der Waals surface area contributed by atoms with Crippen molar-refractivity contribution in [3.8, 4) is 0 Å². The lowest BCUT2D eigenvalue weighted by Crippen LogP contribution is -2.35. The van der Waals surface area contributed by atoms with Gasteiger partial charge < -0.3 is 10.6 Å². The molecule has 3 aromatic rings. The second-order valence-corrected chi connectivity index (χ2v) is 8.57. The van der Waals surface area contributed by atoms with Gasteiger partial charge in [0, 0.05) is 11.4 Å². The fraction of sp³-hybridized carbons (Fsp3) is 0.200. The molecule has 2 atom stereocenters. The van der Waals surface area contributed by atoms with Crippen LogP contribution in [0.25, 0.3) is 0 Å². The largest absolute Gasteiger partial charge is 0.410 e. The van der Waals surface area contributed by atoms with Crippen LogP contribution in [0.2, 0.25) is 10.0 Å². The Balaban J connectivity index is 1.70. The number of aromatic nitrogens is 2. The number of alkyl halides is 3. The Labute approximate surface area is 193 Å². The quantitative estimate of drug-likeness (QED) is 0.386. The Kier molecular flexibility index (Phi) is 5.93. The molecule has 1 aromatic heterocycles. The number of hydrogen-bond donors (Lipinski definition) is 2. The average molecular weight is 534 g/mol. The normalized spacial score (nSPS) is 18.3. The SMILES string of the molecule is O=C(Nc1ccc(Cl)cc1Cl)c1nn2c(c1Br)N[C@H](c1ccccc1)C[C@H]2C(F)(F)F. The Morgan fingerprint density at radius 1 is 1.19 bits per heavy atom. The summed E-state index contributed by atoms with van der Waals surface area (Å²) < 4.78 is 42.5. The van der Waals surface area contributed by atoms with Gasteiger partial charge in [0.15, 0.2) is 11.7 Å². The number of carbonyl (C=O) groups is 1. The third-order valence-corrected chi connectivity index (χ3v) is 6.19. The zero-order chi connectivity index (χ0) is 22.3. The molecule has 2 heterocycles. The number of anilines is 2. The zero-order valence-electron chi connectivity index (χ0n) is 15.6. The molecule has 0 unspecified atom stereocenters. The first kappa shape index (κ1) is 22.0. The molecule has 0 radical (unpaired) electrons. The van der Waals surface area contributed by atoms with Crippen LogP contribution in [-0.2, 0) is 0 Å². The molecular formula is C20H14BrCl2F3N4O. The van der Waals surface area contributed by atoms with E-state index in [1.807, 2.05) is 0 Å². The molecule has 0 saturated heterocycles. The van der Waals surface area contributed by atoms with Gasteiger partial charge in [-0.25, -0.2) is 4.68 Å². The molecule has 2 N–H and O–H groups in total. The standard InChI is InChI=1S/C20H14BrCl2F3N4O/c21-16-17(19(31)28-13-7-6-11(22)8-12(13)23)29-30-15(20(24,25)26)9-14(27-18(16)30)10-4-2-1-3-5-10/h1-8,14-15,27H,9H2,(H,28,31)/t14-,15-/m0/s1. The Hall–Kier alpha value is -2.23. The fourth-order valence-electron chi connectivity index (χ4n) is 3.41. The highest BCUT2D eigenvalue weighted by Crippen LogP contribution is 2.46. The zero-order valence-corrected chi connectivity index (χ0v) is 18.6. The van der Waals surface area contributed by atoms with Gasteiger partial charge in [-0.05, 0) is 39.7 Å². The van der Waals surface area contributed by atoms with Gasteiger partial charge in [0.1, 0.15) is 5.82 Å². The monoisotopic (exact) mass is 532 g/mol. The predicted molar refractivity (Wildman–Crippen MR) is 117 cm³/mol. The molecular weight excluding hydrogens is 520 g/mol. The molecule has 1 amide bonds. The van der Waals surface area contributed by atoms with E-state index in [-0.39, 0.29) is 33.1 Å². The van der Waals surface area contributed by atoms with E-state index in [9.17, 15) is 18.0 Å². The Morgan fingerprint density at radius 2 is 1.90 bits per heavy atom. The summed E-state index contributed by atoms with van der Waals surface area (Å²) in [6.45, 7) is 0. The lowest BCUT2D eigenvalue weighted by Gasteiger charge is -2.33. The molecule has 4 rings (SSSR count). The number of carbonyl (C=O) groups excluding carboxylic acids is 1. The fourth-order valence-corrected chi connectivity index (χ4v) is 4.42. The molecule has 1 aliphatic rings. The van der Waals surface area contributed by atoms with E-state index in [4.69, 9.17) is 23.2 Å². The number of hydrogen-bond acceptors (Lipinski definition) is 3. The Bertz CT molecular complexity index is 1140. The highest BCUT2D eigenvalue weighted by Gasteiger charge is 2.47. The van der Waals surface area contributed by atoms with Crippen LogP contribution >= 0.6 is 39.1 Å². The van der Waals surface area contributed by atoms with Crippen molar-refractivity contribution in [3.63, 3.8) is 0 Å². The molecule has 31 heavy (non-hydrogen) atoms. The molecule has 0 spiro atoms. The molecule has 5 nitrogen and oxygen atoms in total. The van der Waals surface area contributed by atoms with Crippen molar-refractivity contribution in [1.82, 2.24) is 9.78 Å². The molecule has 0 aliphatic carbocycles. The summed E-state index contributed by atoms with van der Waals surface area (Å²) in [4.78, 5) is 12.8. The predicted octanol–water partition coefficient (Wildman–Crippen LogP) is 6.87. The van der Waals surface area contributed by atoms with Crippen LogP contribution in [0.3, 0.4) is 0 Å². The Morgan fingerprint density at radius 3 is 2.55 bits per heavy atom. The number of halogens is 6. The second-order valence-electron chi connectivity index (χ2n) is 6.93. The van der Waals surface area contributed by atoms with Gasteiger partial charge in [-0.15, -0.1) is 0 Å². The highest BCUT2D eigenvalue weighted by molar-refractivity contribution is 9.10. The van der Waals surface area contributed by atoms with Gasteiger partial charge >= 0.3 is 6.18 Å². The number of nitrogens with zero attached hydrogens (tertiary/aromatic N) is 2. The van der Waals surface area contributed by atoms with Crippen LogP contribution in [-0.4, -0.2) is 21.9 Å². The summed E-state index contributed by atoms with van der Waals surface area (Å²) >= 11 is 15.2. The molecule has 162 valence electrons. The van der Waals surface area contributed by atoms with Crippen molar-refractivity contribution in [2.75, 3.05) is 10.6 Å². The van der Waals surface area contributed by atoms with Crippen LogP contribution in [0.4, 0.5) is 24.7 Å². The van der Waals surface area contributed by atoms with E-state index in [2.05, 4.69) is 31.7 Å². The molecule has 0 saturated carbocycles. The van der Waals surface area contributed by atoms with Gasteiger partial charge in [0.2, 0.25) is 0 Å². The van der Waals surface area contributed by atoms with Crippen molar-refractivity contribution in [2.24, 2.45) is 0 Å². The number of benzene rings is 2. The number of nitrogens with one attached hydrogen (secondary N) is 2. The van der Waals surface area contributed by atoms with E-state index < -0.39 is 24.2 Å². The van der Waals surface area contributed by atoms with Gasteiger partial charge in [-0.1, -0.05) is 53.5 Å². The van der Waals surface area contributed by atoms with E-state index in [0.29, 0.717) is 10.6 Å². The van der Waals surface area contributed by atoms with Crippen molar-refractivity contribution in [2.45, 2.75) is 24.7 Å². The summed E-state index contributed by atoms with van der Waals surface area (Å²) in [5.41, 5.74) is 0.767. The summed E-state index contributed by atoms with van der Waals surface area (Å²) in [7, 11) is 0. The maximum absolute atomic E-state index is 13.9. The maximum Gasteiger partial charge on any atom is 0.410 e. The first-order chi connectivity index (χ1) is 14.6. The van der Waals surface area contributed by atoms with Crippen LogP contribution < -0.4 is 10.6 Å². The third-order valence-electron chi connectivity index (χ3n) is 4.89. The minimum atomic E-state index is -4.55. The minimum Gasteiger partial charge on any atom is -0.362 e. The molecule has 0 fully saturated rings. The van der Waals surface area contributed by atoms with Crippen LogP contribution in [0.15, 0.2) is 53.0 Å².